The van der Waals surface area contributed by atoms with Crippen LogP contribution in [0.15, 0.2) is 12.1 Å². The zero-order valence-electron chi connectivity index (χ0n) is 12.4. The van der Waals surface area contributed by atoms with Gasteiger partial charge in [0, 0.05) is 13.1 Å². The number of carboxylic acids is 2. The van der Waals surface area contributed by atoms with Gasteiger partial charge in [0.05, 0.1) is 35.5 Å². The van der Waals surface area contributed by atoms with Crippen LogP contribution in [0.2, 0.25) is 0 Å². The van der Waals surface area contributed by atoms with Crippen molar-refractivity contribution in [3.8, 4) is 0 Å². The van der Waals surface area contributed by atoms with Crippen molar-refractivity contribution in [3.63, 3.8) is 0 Å². The first-order valence-electron chi connectivity index (χ1n) is 6.76. The van der Waals surface area contributed by atoms with Gasteiger partial charge in [-0.2, -0.15) is 0 Å². The van der Waals surface area contributed by atoms with E-state index in [9.17, 15) is 19.2 Å². The second-order valence-corrected chi connectivity index (χ2v) is 4.51. The van der Waals surface area contributed by atoms with Gasteiger partial charge in [-0.1, -0.05) is 0 Å². The molecule has 0 saturated carbocycles. The topological polar surface area (TPSA) is 173 Å². The Hall–Kier alpha value is -2.98. The summed E-state index contributed by atoms with van der Waals surface area (Å²) in [5.41, 5.74) is -2.03. The summed E-state index contributed by atoms with van der Waals surface area (Å²) in [7, 11) is 0. The van der Waals surface area contributed by atoms with Crippen molar-refractivity contribution < 1.29 is 39.6 Å². The number of amides is 2. The van der Waals surface area contributed by atoms with E-state index in [0.29, 0.717) is 6.07 Å². The molecule has 10 heteroatoms. The van der Waals surface area contributed by atoms with E-state index in [1.807, 2.05) is 0 Å². The highest BCUT2D eigenvalue weighted by atomic mass is 16.4. The molecule has 1 aromatic carbocycles. The van der Waals surface area contributed by atoms with Crippen molar-refractivity contribution in [2.75, 3.05) is 26.3 Å². The highest BCUT2D eigenvalue weighted by molar-refractivity contribution is 6.11. The third-order valence-corrected chi connectivity index (χ3v) is 2.90. The molecule has 0 bridgehead atoms. The highest BCUT2D eigenvalue weighted by Crippen LogP contribution is 2.18. The van der Waals surface area contributed by atoms with E-state index in [1.165, 1.54) is 0 Å². The maximum atomic E-state index is 12.0. The number of carboxylic acid groups (broad SMARTS) is 2. The van der Waals surface area contributed by atoms with Gasteiger partial charge < -0.3 is 31.1 Å². The number of hydrogen-bond donors (Lipinski definition) is 6. The van der Waals surface area contributed by atoms with E-state index in [2.05, 4.69) is 10.6 Å². The normalized spacial score (nSPS) is 10.1. The number of aliphatic hydroxyl groups is 2. The van der Waals surface area contributed by atoms with Crippen LogP contribution >= 0.6 is 0 Å². The first-order chi connectivity index (χ1) is 11.3. The zero-order chi connectivity index (χ0) is 18.3. The minimum atomic E-state index is -1.55. The molecule has 24 heavy (non-hydrogen) atoms. The van der Waals surface area contributed by atoms with Crippen molar-refractivity contribution in [3.05, 3.63) is 34.4 Å². The van der Waals surface area contributed by atoms with E-state index in [4.69, 9.17) is 20.4 Å². The Morgan fingerprint density at radius 1 is 0.708 bits per heavy atom. The lowest BCUT2D eigenvalue weighted by molar-refractivity contribution is 0.0687. The van der Waals surface area contributed by atoms with E-state index in [-0.39, 0.29) is 26.3 Å². The van der Waals surface area contributed by atoms with Crippen molar-refractivity contribution >= 4 is 23.8 Å². The van der Waals surface area contributed by atoms with Crippen LogP contribution < -0.4 is 10.6 Å². The van der Waals surface area contributed by atoms with Crippen LogP contribution in [0, 0.1) is 0 Å². The summed E-state index contributed by atoms with van der Waals surface area (Å²) in [6, 6.07) is 1.57. The monoisotopic (exact) mass is 340 g/mol. The van der Waals surface area contributed by atoms with Crippen LogP contribution in [0.5, 0.6) is 0 Å². The highest BCUT2D eigenvalue weighted by Gasteiger charge is 2.25. The number of rotatable bonds is 8. The van der Waals surface area contributed by atoms with E-state index >= 15 is 0 Å². The number of nitrogens with one attached hydrogen (secondary N) is 2. The summed E-state index contributed by atoms with van der Waals surface area (Å²) in [4.78, 5) is 46.5. The Morgan fingerprint density at radius 2 is 1.04 bits per heavy atom. The van der Waals surface area contributed by atoms with Crippen LogP contribution in [0.1, 0.15) is 41.4 Å². The number of benzene rings is 1. The largest absolute Gasteiger partial charge is 0.478 e. The fourth-order valence-corrected chi connectivity index (χ4v) is 1.86. The molecule has 0 aliphatic rings. The molecule has 0 aromatic heterocycles. The van der Waals surface area contributed by atoms with Crippen LogP contribution in [0.4, 0.5) is 0 Å². The van der Waals surface area contributed by atoms with Gasteiger partial charge in [-0.3, -0.25) is 9.59 Å². The Labute approximate surface area is 135 Å². The van der Waals surface area contributed by atoms with Crippen LogP contribution in [0.3, 0.4) is 0 Å². The van der Waals surface area contributed by atoms with E-state index < -0.39 is 46.0 Å². The maximum absolute atomic E-state index is 12.0. The molecule has 0 radical (unpaired) electrons. The van der Waals surface area contributed by atoms with Crippen molar-refractivity contribution in [1.29, 1.82) is 0 Å². The number of carbonyl (C=O) groups excluding carboxylic acids is 2. The smallest absolute Gasteiger partial charge is 0.336 e. The number of carbonyl (C=O) groups is 4. The molecule has 0 spiro atoms. The lowest BCUT2D eigenvalue weighted by Gasteiger charge is -2.12. The van der Waals surface area contributed by atoms with Crippen molar-refractivity contribution in [1.82, 2.24) is 10.6 Å². The van der Waals surface area contributed by atoms with Crippen molar-refractivity contribution in [2.45, 2.75) is 0 Å². The average Bonchev–Trinajstić information content (AvgIpc) is 2.55. The summed E-state index contributed by atoms with van der Waals surface area (Å²) in [6.45, 7) is -1.06. The van der Waals surface area contributed by atoms with Gasteiger partial charge in [-0.25, -0.2) is 9.59 Å². The predicted molar refractivity (Wildman–Crippen MR) is 79.2 cm³/mol. The molecule has 0 aliphatic heterocycles. The Balaban J connectivity index is 3.45. The summed E-state index contributed by atoms with van der Waals surface area (Å²) in [5.74, 6) is -4.85. The summed E-state index contributed by atoms with van der Waals surface area (Å²) in [6.07, 6.45) is 0. The third-order valence-electron chi connectivity index (χ3n) is 2.90. The molecule has 1 rings (SSSR count). The molecule has 130 valence electrons. The first-order valence-corrected chi connectivity index (χ1v) is 6.76. The molecule has 2 amide bonds. The molecule has 0 fully saturated rings. The first kappa shape index (κ1) is 19.1. The van der Waals surface area contributed by atoms with Gasteiger partial charge in [0.25, 0.3) is 11.8 Å². The fourth-order valence-electron chi connectivity index (χ4n) is 1.86. The molecule has 0 saturated heterocycles. The SMILES string of the molecule is O=C(O)c1cc(C(=O)O)c(C(=O)NCCO)cc1C(=O)NCCO. The number of aliphatic hydroxyl groups excluding tert-OH is 2. The van der Waals surface area contributed by atoms with Gasteiger partial charge in [-0.05, 0) is 12.1 Å². The molecule has 10 nitrogen and oxygen atoms in total. The fraction of sp³-hybridized carbons (Fsp3) is 0.286. The predicted octanol–water partition coefficient (Wildman–Crippen LogP) is -1.47. The summed E-state index contributed by atoms with van der Waals surface area (Å²) >= 11 is 0. The Morgan fingerprint density at radius 3 is 1.33 bits per heavy atom. The summed E-state index contributed by atoms with van der Waals surface area (Å²) < 4.78 is 0. The molecule has 0 aliphatic carbocycles. The molecular weight excluding hydrogens is 324 g/mol. The van der Waals surface area contributed by atoms with Crippen LogP contribution in [-0.4, -0.2) is 70.5 Å². The van der Waals surface area contributed by atoms with Gasteiger partial charge in [0.15, 0.2) is 0 Å². The van der Waals surface area contributed by atoms with E-state index in [0.717, 1.165) is 6.07 Å². The minimum absolute atomic E-state index is 0.148. The van der Waals surface area contributed by atoms with Crippen LogP contribution in [0.25, 0.3) is 0 Å². The molecular formula is C14H16N2O8. The third kappa shape index (κ3) is 4.51. The quantitative estimate of drug-likeness (QED) is 0.332. The second-order valence-electron chi connectivity index (χ2n) is 4.51. The number of hydrogen-bond acceptors (Lipinski definition) is 6. The lowest BCUT2D eigenvalue weighted by atomic mass is 9.97. The second kappa shape index (κ2) is 8.60. The summed E-state index contributed by atoms with van der Waals surface area (Å²) in [5, 5.41) is 40.2. The molecule has 0 unspecified atom stereocenters. The van der Waals surface area contributed by atoms with Gasteiger partial charge in [0.2, 0.25) is 0 Å². The van der Waals surface area contributed by atoms with Gasteiger partial charge >= 0.3 is 11.9 Å². The van der Waals surface area contributed by atoms with Gasteiger partial charge in [-0.15, -0.1) is 0 Å². The average molecular weight is 340 g/mol. The van der Waals surface area contributed by atoms with Gasteiger partial charge in [0.1, 0.15) is 0 Å². The molecule has 0 atom stereocenters. The van der Waals surface area contributed by atoms with E-state index in [1.54, 1.807) is 0 Å². The Kier molecular flexibility index (Phi) is 6.83. The Bertz CT molecular complexity index is 618. The number of aromatic carboxylic acids is 2. The minimum Gasteiger partial charge on any atom is -0.478 e. The molecule has 6 N–H and O–H groups in total. The standard InChI is InChI=1S/C14H16N2O8/c17-3-1-15-11(19)7-5-8(12(20)16-2-4-18)10(14(23)24)6-9(7)13(21)22/h5-6,17-18H,1-4H2,(H,15,19)(H,16,20)(H,21,22)(H,23,24). The lowest BCUT2D eigenvalue weighted by Crippen LogP contribution is -2.31. The molecule has 0 heterocycles. The van der Waals surface area contributed by atoms with Crippen molar-refractivity contribution in [2.24, 2.45) is 0 Å². The maximum Gasteiger partial charge on any atom is 0.336 e. The molecule has 1 aromatic rings. The van der Waals surface area contributed by atoms with Crippen LogP contribution in [-0.2, 0) is 0 Å². The zero-order valence-corrected chi connectivity index (χ0v) is 12.4.